The minimum atomic E-state index is -0.682. The van der Waals surface area contributed by atoms with E-state index >= 15 is 0 Å². The lowest BCUT2D eigenvalue weighted by Gasteiger charge is -2.39. The van der Waals surface area contributed by atoms with Gasteiger partial charge in [0.25, 0.3) is 0 Å². The molecule has 23 heavy (non-hydrogen) atoms. The molecule has 0 aliphatic rings. The fourth-order valence-electron chi connectivity index (χ4n) is 2.30. The van der Waals surface area contributed by atoms with Gasteiger partial charge in [-0.2, -0.15) is 0 Å². The second kappa shape index (κ2) is 8.13. The molecule has 0 aliphatic carbocycles. The average molecular weight is 330 g/mol. The zero-order chi connectivity index (χ0) is 18.5. The summed E-state index contributed by atoms with van der Waals surface area (Å²) in [5, 5.41) is 0. The van der Waals surface area contributed by atoms with Crippen LogP contribution < -0.4 is 0 Å². The smallest absolute Gasteiger partial charge is 0.346 e. The van der Waals surface area contributed by atoms with Crippen molar-refractivity contribution >= 4 is 11.9 Å². The van der Waals surface area contributed by atoms with Gasteiger partial charge in [-0.05, 0) is 18.8 Å². The number of ether oxygens (including phenoxy) is 3. The molecule has 2 atom stereocenters. The van der Waals surface area contributed by atoms with Crippen molar-refractivity contribution in [3.8, 4) is 0 Å². The molecule has 5 heteroatoms. The second-order valence-corrected chi connectivity index (χ2v) is 8.33. The summed E-state index contributed by atoms with van der Waals surface area (Å²) in [4.78, 5) is 24.4. The molecule has 0 aromatic heterocycles. The molecular weight excluding hydrogens is 296 g/mol. The molecule has 0 spiro atoms. The predicted octanol–water partition coefficient (Wildman–Crippen LogP) is 3.94. The van der Waals surface area contributed by atoms with E-state index in [4.69, 9.17) is 14.2 Å². The Morgan fingerprint density at radius 1 is 1.00 bits per heavy atom. The van der Waals surface area contributed by atoms with Gasteiger partial charge in [-0.3, -0.25) is 4.79 Å². The molecule has 0 rings (SSSR count). The van der Waals surface area contributed by atoms with Gasteiger partial charge in [0.2, 0.25) is 6.29 Å². The molecule has 0 amide bonds. The second-order valence-electron chi connectivity index (χ2n) is 8.33. The highest BCUT2D eigenvalue weighted by molar-refractivity contribution is 5.80. The van der Waals surface area contributed by atoms with Crippen LogP contribution in [0.3, 0.4) is 0 Å². The van der Waals surface area contributed by atoms with Crippen molar-refractivity contribution in [3.63, 3.8) is 0 Å². The molecule has 2 unspecified atom stereocenters. The van der Waals surface area contributed by atoms with Crippen LogP contribution in [0.4, 0.5) is 0 Å². The summed E-state index contributed by atoms with van der Waals surface area (Å²) < 4.78 is 15.6. The third kappa shape index (κ3) is 6.13. The Balaban J connectivity index is 4.77. The Morgan fingerprint density at radius 3 is 1.87 bits per heavy atom. The van der Waals surface area contributed by atoms with Crippen LogP contribution in [0.5, 0.6) is 0 Å². The molecule has 0 fully saturated rings. The van der Waals surface area contributed by atoms with E-state index in [1.807, 2.05) is 55.4 Å². The third-order valence-electron chi connectivity index (χ3n) is 4.34. The number of methoxy groups -OCH3 is 1. The Hall–Kier alpha value is -1.10. The number of carbonyl (C=O) groups is 2. The SMILES string of the molecule is CCCC(C)(C(=O)OCC(=O)OC(OC)C(C)(C)C)C(C)(C)C. The maximum Gasteiger partial charge on any atom is 0.346 e. The number of hydrogen-bond donors (Lipinski definition) is 0. The minimum absolute atomic E-state index is 0.259. The van der Waals surface area contributed by atoms with Crippen molar-refractivity contribution < 1.29 is 23.8 Å². The van der Waals surface area contributed by atoms with Gasteiger partial charge in [-0.15, -0.1) is 0 Å². The lowest BCUT2D eigenvalue weighted by atomic mass is 9.65. The summed E-state index contributed by atoms with van der Waals surface area (Å²) in [5.74, 6) is -0.971. The van der Waals surface area contributed by atoms with Crippen molar-refractivity contribution in [1.82, 2.24) is 0 Å². The molecule has 0 aromatic carbocycles. The zero-order valence-electron chi connectivity index (χ0n) is 16.2. The van der Waals surface area contributed by atoms with Crippen LogP contribution in [0, 0.1) is 16.2 Å². The molecule has 5 nitrogen and oxygen atoms in total. The van der Waals surface area contributed by atoms with Crippen LogP contribution in [-0.2, 0) is 23.8 Å². The van der Waals surface area contributed by atoms with Gasteiger partial charge in [0.15, 0.2) is 6.61 Å². The van der Waals surface area contributed by atoms with E-state index in [0.717, 1.165) is 6.42 Å². The van der Waals surface area contributed by atoms with E-state index in [9.17, 15) is 9.59 Å². The highest BCUT2D eigenvalue weighted by atomic mass is 16.7. The van der Waals surface area contributed by atoms with Gasteiger partial charge in [0, 0.05) is 12.5 Å². The van der Waals surface area contributed by atoms with E-state index in [1.165, 1.54) is 7.11 Å². The highest BCUT2D eigenvalue weighted by Crippen LogP contribution is 2.43. The van der Waals surface area contributed by atoms with Crippen LogP contribution in [-0.4, -0.2) is 31.9 Å². The summed E-state index contributed by atoms with van der Waals surface area (Å²) in [6, 6.07) is 0. The first-order valence-corrected chi connectivity index (χ1v) is 8.19. The van der Waals surface area contributed by atoms with Crippen molar-refractivity contribution in [2.45, 2.75) is 74.5 Å². The van der Waals surface area contributed by atoms with Gasteiger partial charge in [0.1, 0.15) is 0 Å². The maximum absolute atomic E-state index is 12.5. The van der Waals surface area contributed by atoms with Crippen LogP contribution >= 0.6 is 0 Å². The monoisotopic (exact) mass is 330 g/mol. The summed E-state index contributed by atoms with van der Waals surface area (Å²) >= 11 is 0. The first kappa shape index (κ1) is 21.9. The standard InChI is InChI=1S/C18H34O5/c1-10-11-18(8,17(5,6)7)14(20)22-12-13(19)23-15(21-9)16(2,3)4/h15H,10-12H2,1-9H3. The van der Waals surface area contributed by atoms with E-state index in [1.54, 1.807) is 0 Å². The summed E-state index contributed by atoms with van der Waals surface area (Å²) in [6.45, 7) is 15.2. The largest absolute Gasteiger partial charge is 0.453 e. The molecule has 0 saturated heterocycles. The summed E-state index contributed by atoms with van der Waals surface area (Å²) in [7, 11) is 1.48. The maximum atomic E-state index is 12.5. The predicted molar refractivity (Wildman–Crippen MR) is 89.8 cm³/mol. The molecule has 0 N–H and O–H groups in total. The molecule has 136 valence electrons. The molecule has 0 radical (unpaired) electrons. The number of carbonyl (C=O) groups excluding carboxylic acids is 2. The lowest BCUT2D eigenvalue weighted by molar-refractivity contribution is -0.202. The molecule has 0 heterocycles. The fraction of sp³-hybridized carbons (Fsp3) is 0.889. The van der Waals surface area contributed by atoms with E-state index in [-0.39, 0.29) is 16.8 Å². The summed E-state index contributed by atoms with van der Waals surface area (Å²) in [5.41, 5.74) is -1.26. The van der Waals surface area contributed by atoms with Gasteiger partial charge in [-0.1, -0.05) is 54.9 Å². The molecule has 0 saturated carbocycles. The third-order valence-corrected chi connectivity index (χ3v) is 4.34. The van der Waals surface area contributed by atoms with E-state index < -0.39 is 24.3 Å². The summed E-state index contributed by atoms with van der Waals surface area (Å²) in [6.07, 6.45) is 0.884. The van der Waals surface area contributed by atoms with Crippen molar-refractivity contribution in [2.75, 3.05) is 13.7 Å². The van der Waals surface area contributed by atoms with Crippen molar-refractivity contribution in [1.29, 1.82) is 0 Å². The number of rotatable bonds is 7. The Kier molecular flexibility index (Phi) is 7.74. The van der Waals surface area contributed by atoms with E-state index in [2.05, 4.69) is 0 Å². The Morgan fingerprint density at radius 2 is 1.52 bits per heavy atom. The first-order valence-electron chi connectivity index (χ1n) is 8.19. The van der Waals surface area contributed by atoms with Crippen molar-refractivity contribution in [2.24, 2.45) is 16.2 Å². The average Bonchev–Trinajstić information content (AvgIpc) is 2.39. The van der Waals surface area contributed by atoms with Gasteiger partial charge in [0.05, 0.1) is 5.41 Å². The van der Waals surface area contributed by atoms with Gasteiger partial charge >= 0.3 is 11.9 Å². The minimum Gasteiger partial charge on any atom is -0.453 e. The van der Waals surface area contributed by atoms with Crippen molar-refractivity contribution in [3.05, 3.63) is 0 Å². The zero-order valence-corrected chi connectivity index (χ0v) is 16.2. The molecule has 0 aromatic rings. The van der Waals surface area contributed by atoms with Crippen LogP contribution in [0.15, 0.2) is 0 Å². The van der Waals surface area contributed by atoms with Crippen LogP contribution in [0.25, 0.3) is 0 Å². The molecule has 0 aliphatic heterocycles. The Labute approximate surface area is 141 Å². The Bertz CT molecular complexity index is 403. The number of hydrogen-bond acceptors (Lipinski definition) is 5. The van der Waals surface area contributed by atoms with E-state index in [0.29, 0.717) is 6.42 Å². The molecular formula is C18H34O5. The van der Waals surface area contributed by atoms with Crippen LogP contribution in [0.1, 0.15) is 68.2 Å². The lowest BCUT2D eigenvalue weighted by Crippen LogP contribution is -2.42. The first-order chi connectivity index (χ1) is 10.3. The fourth-order valence-corrected chi connectivity index (χ4v) is 2.30. The highest BCUT2D eigenvalue weighted by Gasteiger charge is 2.45. The normalized spacial score (nSPS) is 16.4. The van der Waals surface area contributed by atoms with Gasteiger partial charge in [-0.25, -0.2) is 4.79 Å². The van der Waals surface area contributed by atoms with Crippen LogP contribution in [0.2, 0.25) is 0 Å². The topological polar surface area (TPSA) is 61.8 Å². The number of esters is 2. The van der Waals surface area contributed by atoms with Gasteiger partial charge < -0.3 is 14.2 Å². The quantitative estimate of drug-likeness (QED) is 0.522. The molecule has 0 bridgehead atoms.